The monoisotopic (exact) mass is 363 g/mol. The van der Waals surface area contributed by atoms with Crippen LogP contribution in [0.3, 0.4) is 0 Å². The van der Waals surface area contributed by atoms with E-state index in [1.165, 1.54) is 0 Å². The van der Waals surface area contributed by atoms with E-state index in [0.29, 0.717) is 5.92 Å². The van der Waals surface area contributed by atoms with Gasteiger partial charge in [-0.1, -0.05) is 26.0 Å². The van der Waals surface area contributed by atoms with Crippen LogP contribution in [0.4, 0.5) is 5.82 Å². The lowest BCUT2D eigenvalue weighted by Crippen LogP contribution is -2.37. The number of anilines is 1. The second kappa shape index (κ2) is 7.47. The van der Waals surface area contributed by atoms with Crippen molar-refractivity contribution in [3.63, 3.8) is 0 Å². The first kappa shape index (κ1) is 17.6. The van der Waals surface area contributed by atoms with Crippen LogP contribution in [0.2, 0.25) is 0 Å². The van der Waals surface area contributed by atoms with E-state index >= 15 is 0 Å². The molecule has 0 saturated carbocycles. The van der Waals surface area contributed by atoms with Crippen molar-refractivity contribution < 1.29 is 0 Å². The Kier molecular flexibility index (Phi) is 4.88. The quantitative estimate of drug-likeness (QED) is 0.712. The van der Waals surface area contributed by atoms with Crippen molar-refractivity contribution >= 4 is 16.9 Å². The Morgan fingerprint density at radius 1 is 1.11 bits per heavy atom. The Morgan fingerprint density at radius 3 is 2.56 bits per heavy atom. The van der Waals surface area contributed by atoms with Gasteiger partial charge in [0.1, 0.15) is 5.82 Å². The number of fused-ring (bicyclic) bond motifs is 1. The summed E-state index contributed by atoms with van der Waals surface area (Å²) >= 11 is 0. The maximum absolute atomic E-state index is 12.3. The van der Waals surface area contributed by atoms with Crippen LogP contribution in [0.15, 0.2) is 47.7 Å². The molecule has 140 valence electrons. The molecule has 3 heterocycles. The van der Waals surface area contributed by atoms with Crippen LogP contribution in [0.1, 0.15) is 38.3 Å². The summed E-state index contributed by atoms with van der Waals surface area (Å²) in [6, 6.07) is 9.62. The van der Waals surface area contributed by atoms with Crippen molar-refractivity contribution in [1.82, 2.24) is 19.5 Å². The lowest BCUT2D eigenvalue weighted by molar-refractivity contribution is 0.349. The van der Waals surface area contributed by atoms with Crippen molar-refractivity contribution in [2.45, 2.75) is 39.2 Å². The SMILES string of the molecule is CC(C)c1cc(=O)n(CC2CCN(c3cnc4ccccc4n3)CC2)cn1. The molecule has 3 aromatic rings. The largest absolute Gasteiger partial charge is 0.355 e. The van der Waals surface area contributed by atoms with Gasteiger partial charge in [0.15, 0.2) is 0 Å². The Hall–Kier alpha value is -2.76. The van der Waals surface area contributed by atoms with Crippen molar-refractivity contribution in [2.75, 3.05) is 18.0 Å². The van der Waals surface area contributed by atoms with Gasteiger partial charge in [-0.3, -0.25) is 14.3 Å². The standard InChI is InChI=1S/C21H25N5O/c1-15(2)19-11-21(27)26(14-23-19)13-16-7-9-25(10-8-16)20-12-22-17-5-3-4-6-18(17)24-20/h3-6,11-12,14-16H,7-10,13H2,1-2H3. The predicted octanol–water partition coefficient (Wildman–Crippen LogP) is 3.23. The number of hydrogen-bond donors (Lipinski definition) is 0. The summed E-state index contributed by atoms with van der Waals surface area (Å²) in [5, 5.41) is 0. The number of hydrogen-bond acceptors (Lipinski definition) is 5. The molecule has 0 atom stereocenters. The number of aromatic nitrogens is 4. The van der Waals surface area contributed by atoms with Crippen LogP contribution in [-0.2, 0) is 6.54 Å². The fourth-order valence-corrected chi connectivity index (χ4v) is 3.62. The Labute approximate surface area is 158 Å². The molecule has 0 aliphatic carbocycles. The molecular weight excluding hydrogens is 338 g/mol. The van der Waals surface area contributed by atoms with Crippen molar-refractivity contribution in [1.29, 1.82) is 0 Å². The van der Waals surface area contributed by atoms with Crippen LogP contribution in [0.25, 0.3) is 11.0 Å². The van der Waals surface area contributed by atoms with Gasteiger partial charge in [0.2, 0.25) is 0 Å². The zero-order valence-corrected chi connectivity index (χ0v) is 15.9. The fourth-order valence-electron chi connectivity index (χ4n) is 3.62. The smallest absolute Gasteiger partial charge is 0.253 e. The van der Waals surface area contributed by atoms with E-state index in [2.05, 4.69) is 28.7 Å². The highest BCUT2D eigenvalue weighted by Crippen LogP contribution is 2.23. The Balaban J connectivity index is 1.40. The molecule has 1 saturated heterocycles. The first-order chi connectivity index (χ1) is 13.1. The van der Waals surface area contributed by atoms with Gasteiger partial charge in [-0.25, -0.2) is 9.97 Å². The predicted molar refractivity (Wildman–Crippen MR) is 107 cm³/mol. The number of nitrogens with zero attached hydrogens (tertiary/aromatic N) is 5. The number of benzene rings is 1. The fraction of sp³-hybridized carbons (Fsp3) is 0.429. The normalized spacial score (nSPS) is 15.6. The van der Waals surface area contributed by atoms with Gasteiger partial charge in [-0.05, 0) is 36.8 Å². The second-order valence-corrected chi connectivity index (χ2v) is 7.61. The van der Waals surface area contributed by atoms with Gasteiger partial charge in [0.05, 0.1) is 29.3 Å². The lowest BCUT2D eigenvalue weighted by Gasteiger charge is -2.32. The maximum atomic E-state index is 12.3. The van der Waals surface area contributed by atoms with Crippen LogP contribution in [0.5, 0.6) is 0 Å². The van der Waals surface area contributed by atoms with Gasteiger partial charge < -0.3 is 4.90 Å². The van der Waals surface area contributed by atoms with Gasteiger partial charge in [0, 0.05) is 25.7 Å². The zero-order valence-electron chi connectivity index (χ0n) is 15.9. The molecule has 1 aliphatic heterocycles. The maximum Gasteiger partial charge on any atom is 0.253 e. The molecule has 1 aliphatic rings. The minimum absolute atomic E-state index is 0.0523. The first-order valence-corrected chi connectivity index (χ1v) is 9.63. The van der Waals surface area contributed by atoms with Gasteiger partial charge >= 0.3 is 0 Å². The number of rotatable bonds is 4. The molecule has 0 amide bonds. The molecule has 2 aromatic heterocycles. The topological polar surface area (TPSA) is 63.9 Å². The van der Waals surface area contributed by atoms with Gasteiger partial charge in [-0.2, -0.15) is 0 Å². The summed E-state index contributed by atoms with van der Waals surface area (Å²) in [6.07, 6.45) is 5.64. The molecule has 6 heteroatoms. The molecule has 0 spiro atoms. The number of piperidine rings is 1. The minimum atomic E-state index is 0.0523. The van der Waals surface area contributed by atoms with Gasteiger partial charge in [0.25, 0.3) is 5.56 Å². The van der Waals surface area contributed by atoms with Crippen LogP contribution in [-0.4, -0.2) is 32.6 Å². The lowest BCUT2D eigenvalue weighted by atomic mass is 9.96. The highest BCUT2D eigenvalue weighted by Gasteiger charge is 2.21. The third kappa shape index (κ3) is 3.84. The zero-order chi connectivity index (χ0) is 18.8. The highest BCUT2D eigenvalue weighted by molar-refractivity contribution is 5.75. The Bertz CT molecular complexity index is 989. The molecule has 1 aromatic carbocycles. The molecule has 27 heavy (non-hydrogen) atoms. The summed E-state index contributed by atoms with van der Waals surface area (Å²) in [6.45, 7) is 6.71. The number of para-hydroxylation sites is 2. The minimum Gasteiger partial charge on any atom is -0.355 e. The molecule has 0 bridgehead atoms. The summed E-state index contributed by atoms with van der Waals surface area (Å²) in [5.74, 6) is 1.70. The molecule has 1 fully saturated rings. The van der Waals surface area contributed by atoms with E-state index in [4.69, 9.17) is 4.98 Å². The molecule has 0 N–H and O–H groups in total. The Morgan fingerprint density at radius 2 is 1.85 bits per heavy atom. The van der Waals surface area contributed by atoms with E-state index in [9.17, 15) is 4.79 Å². The summed E-state index contributed by atoms with van der Waals surface area (Å²) < 4.78 is 1.75. The van der Waals surface area contributed by atoms with E-state index in [1.807, 2.05) is 30.5 Å². The van der Waals surface area contributed by atoms with Crippen molar-refractivity contribution in [3.05, 3.63) is 58.9 Å². The van der Waals surface area contributed by atoms with E-state index in [-0.39, 0.29) is 11.5 Å². The van der Waals surface area contributed by atoms with Gasteiger partial charge in [-0.15, -0.1) is 0 Å². The molecule has 0 unspecified atom stereocenters. The van der Waals surface area contributed by atoms with Crippen LogP contribution in [0, 0.1) is 5.92 Å². The first-order valence-electron chi connectivity index (χ1n) is 9.63. The van der Waals surface area contributed by atoms with Crippen molar-refractivity contribution in [3.8, 4) is 0 Å². The molecule has 4 rings (SSSR count). The average molecular weight is 363 g/mol. The highest BCUT2D eigenvalue weighted by atomic mass is 16.1. The average Bonchev–Trinajstić information content (AvgIpc) is 2.69. The second-order valence-electron chi connectivity index (χ2n) is 7.61. The molecule has 6 nitrogen and oxygen atoms in total. The summed E-state index contributed by atoms with van der Waals surface area (Å²) in [5.41, 5.74) is 2.77. The van der Waals surface area contributed by atoms with Crippen molar-refractivity contribution in [2.24, 2.45) is 5.92 Å². The molecular formula is C21H25N5O. The van der Waals surface area contributed by atoms with E-state index < -0.39 is 0 Å². The van der Waals surface area contributed by atoms with Crippen LogP contribution < -0.4 is 10.5 Å². The van der Waals surface area contributed by atoms with E-state index in [1.54, 1.807) is 17.0 Å². The third-order valence-electron chi connectivity index (χ3n) is 5.32. The van der Waals surface area contributed by atoms with E-state index in [0.717, 1.165) is 55.0 Å². The summed E-state index contributed by atoms with van der Waals surface area (Å²) in [4.78, 5) is 28.3. The third-order valence-corrected chi connectivity index (χ3v) is 5.32. The van der Waals surface area contributed by atoms with Crippen LogP contribution >= 0.6 is 0 Å². The molecule has 0 radical (unpaired) electrons. The summed E-state index contributed by atoms with van der Waals surface area (Å²) in [7, 11) is 0.